The summed E-state index contributed by atoms with van der Waals surface area (Å²) in [6.07, 6.45) is -0.0850. The second-order valence-corrected chi connectivity index (χ2v) is 13.7. The molecule has 0 aliphatic heterocycles. The summed E-state index contributed by atoms with van der Waals surface area (Å²) >= 11 is 0. The molecule has 2 aromatic rings. The fourth-order valence-electron chi connectivity index (χ4n) is 4.73. The van der Waals surface area contributed by atoms with Gasteiger partial charge in [-0.1, -0.05) is 81.4 Å². The van der Waals surface area contributed by atoms with Crippen molar-refractivity contribution < 1.29 is 22.2 Å². The van der Waals surface area contributed by atoms with Crippen LogP contribution in [0.25, 0.3) is 0 Å². The number of nitrogens with one attached hydrogen (secondary N) is 2. The third kappa shape index (κ3) is 9.04. The minimum Gasteiger partial charge on any atom is -0.366 e. The average Bonchev–Trinajstić information content (AvgIpc) is 2.83. The van der Waals surface area contributed by atoms with Gasteiger partial charge in [0, 0.05) is 16.8 Å². The Balaban J connectivity index is 2.47. The number of amides is 2. The maximum atomic E-state index is 13.2. The van der Waals surface area contributed by atoms with E-state index in [1.807, 2.05) is 27.7 Å². The molecule has 41 heavy (non-hydrogen) atoms. The van der Waals surface area contributed by atoms with Gasteiger partial charge in [0.15, 0.2) is 5.75 Å². The number of carbonyl (C=O) groups excluding carboxylic acids is 2. The minimum absolute atomic E-state index is 0.0850. The SMILES string of the molecule is CC(N)C(=O)Nc1cc(C(C)C)c(OS(=O)(=O)NC(=O)Cc2c(C(C)C)cc(C(C)C)cc2C(C)C)c(C(C)C)c1. The van der Waals surface area contributed by atoms with E-state index in [4.69, 9.17) is 9.92 Å². The molecule has 2 aromatic carbocycles. The lowest BCUT2D eigenvalue weighted by Crippen LogP contribution is -2.36. The van der Waals surface area contributed by atoms with E-state index in [1.54, 1.807) is 19.1 Å². The smallest absolute Gasteiger partial charge is 0.366 e. The number of nitrogens with two attached hydrogens (primary N) is 1. The van der Waals surface area contributed by atoms with Crippen LogP contribution in [0.4, 0.5) is 5.69 Å². The molecule has 2 rings (SSSR count). The van der Waals surface area contributed by atoms with Crippen molar-refractivity contribution in [3.05, 3.63) is 57.6 Å². The van der Waals surface area contributed by atoms with Crippen molar-refractivity contribution in [2.75, 3.05) is 5.32 Å². The van der Waals surface area contributed by atoms with Gasteiger partial charge in [-0.15, -0.1) is 0 Å². The first kappa shape index (κ1) is 34.3. The van der Waals surface area contributed by atoms with Crippen molar-refractivity contribution in [2.24, 2.45) is 5.73 Å². The van der Waals surface area contributed by atoms with E-state index >= 15 is 0 Å². The van der Waals surface area contributed by atoms with Crippen molar-refractivity contribution in [3.63, 3.8) is 0 Å². The van der Waals surface area contributed by atoms with E-state index in [9.17, 15) is 18.0 Å². The summed E-state index contributed by atoms with van der Waals surface area (Å²) in [4.78, 5) is 25.5. The van der Waals surface area contributed by atoms with E-state index in [-0.39, 0.29) is 41.7 Å². The van der Waals surface area contributed by atoms with Gasteiger partial charge in [0.25, 0.3) is 0 Å². The first-order valence-electron chi connectivity index (χ1n) is 14.5. The van der Waals surface area contributed by atoms with Gasteiger partial charge in [-0.05, 0) is 70.9 Å². The number of carbonyl (C=O) groups is 2. The zero-order chi connectivity index (χ0) is 31.4. The van der Waals surface area contributed by atoms with Gasteiger partial charge in [0.05, 0.1) is 12.5 Å². The van der Waals surface area contributed by atoms with Crippen LogP contribution < -0.4 is 20.0 Å². The second-order valence-electron chi connectivity index (χ2n) is 12.5. The van der Waals surface area contributed by atoms with Crippen LogP contribution in [0.15, 0.2) is 24.3 Å². The highest BCUT2D eigenvalue weighted by molar-refractivity contribution is 7.85. The molecule has 8 nitrogen and oxygen atoms in total. The topological polar surface area (TPSA) is 128 Å². The highest BCUT2D eigenvalue weighted by Gasteiger charge is 2.26. The van der Waals surface area contributed by atoms with Crippen LogP contribution in [0.2, 0.25) is 0 Å². The lowest BCUT2D eigenvalue weighted by Gasteiger charge is -2.23. The molecule has 0 aliphatic rings. The standard InChI is InChI=1S/C32H49N3O5S/c1-17(2)23-12-25(18(3)4)29(26(13-23)19(5)6)16-30(36)35-41(38,39)40-31-27(20(7)8)14-24(15-28(31)21(9)10)34-32(37)22(11)33/h12-15,17-22H,16,33H2,1-11H3,(H,34,37)(H,35,36). The normalized spacial score (nSPS) is 12.9. The maximum Gasteiger partial charge on any atom is 0.409 e. The molecule has 9 heteroatoms. The largest absolute Gasteiger partial charge is 0.409 e. The van der Waals surface area contributed by atoms with Gasteiger partial charge in [0.2, 0.25) is 11.8 Å². The van der Waals surface area contributed by atoms with Crippen LogP contribution in [-0.2, 0) is 26.3 Å². The Morgan fingerprint density at radius 1 is 0.732 bits per heavy atom. The van der Waals surface area contributed by atoms with Crippen molar-refractivity contribution >= 4 is 27.8 Å². The zero-order valence-electron chi connectivity index (χ0n) is 26.5. The van der Waals surface area contributed by atoms with Crippen LogP contribution in [-0.4, -0.2) is 26.3 Å². The predicted octanol–water partition coefficient (Wildman–Crippen LogP) is 6.57. The Kier molecular flexibility index (Phi) is 11.6. The van der Waals surface area contributed by atoms with Crippen LogP contribution in [0.5, 0.6) is 5.75 Å². The highest BCUT2D eigenvalue weighted by Crippen LogP contribution is 2.38. The maximum absolute atomic E-state index is 13.2. The Bertz CT molecular complexity index is 1300. The molecule has 0 spiro atoms. The Morgan fingerprint density at radius 3 is 1.54 bits per heavy atom. The van der Waals surface area contributed by atoms with E-state index in [0.717, 1.165) is 16.7 Å². The Hall–Kier alpha value is -2.91. The molecule has 0 saturated carbocycles. The summed E-state index contributed by atoms with van der Waals surface area (Å²) in [5, 5.41) is 2.78. The number of rotatable bonds is 12. The van der Waals surface area contributed by atoms with E-state index in [0.29, 0.717) is 22.7 Å². The third-order valence-corrected chi connectivity index (χ3v) is 7.96. The first-order valence-corrected chi connectivity index (χ1v) is 15.9. The summed E-state index contributed by atoms with van der Waals surface area (Å²) in [6.45, 7) is 21.8. The molecule has 0 bridgehead atoms. The number of hydrogen-bond acceptors (Lipinski definition) is 6. The average molecular weight is 588 g/mol. The molecule has 0 aromatic heterocycles. The highest BCUT2D eigenvalue weighted by atomic mass is 32.2. The monoisotopic (exact) mass is 587 g/mol. The van der Waals surface area contributed by atoms with Gasteiger partial charge >= 0.3 is 10.3 Å². The molecule has 0 radical (unpaired) electrons. The lowest BCUT2D eigenvalue weighted by molar-refractivity contribution is -0.119. The fraction of sp³-hybridized carbons (Fsp3) is 0.562. The van der Waals surface area contributed by atoms with Gasteiger partial charge in [-0.3, -0.25) is 9.59 Å². The molecule has 2 amide bonds. The van der Waals surface area contributed by atoms with Crippen molar-refractivity contribution in [1.82, 2.24) is 4.72 Å². The third-order valence-electron chi connectivity index (χ3n) is 7.09. The Labute approximate surface area is 247 Å². The molecule has 1 unspecified atom stereocenters. The van der Waals surface area contributed by atoms with Crippen molar-refractivity contribution in [1.29, 1.82) is 0 Å². The molecule has 0 aliphatic carbocycles. The molecular formula is C32H49N3O5S. The minimum atomic E-state index is -4.51. The molecule has 0 fully saturated rings. The number of hydrogen-bond donors (Lipinski definition) is 3. The van der Waals surface area contributed by atoms with Crippen LogP contribution in [0, 0.1) is 0 Å². The van der Waals surface area contributed by atoms with Crippen molar-refractivity contribution in [2.45, 2.75) is 118 Å². The van der Waals surface area contributed by atoms with E-state index in [1.165, 1.54) is 5.56 Å². The quantitative estimate of drug-likeness (QED) is 0.258. The molecule has 0 heterocycles. The van der Waals surface area contributed by atoms with Crippen molar-refractivity contribution in [3.8, 4) is 5.75 Å². The summed E-state index contributed by atoms with van der Waals surface area (Å²) in [7, 11) is -4.51. The summed E-state index contributed by atoms with van der Waals surface area (Å²) in [5.41, 5.74) is 11.5. The summed E-state index contributed by atoms with van der Waals surface area (Å²) in [5.74, 6) is -0.498. The fourth-order valence-corrected chi connectivity index (χ4v) is 5.54. The second kappa shape index (κ2) is 13.8. The van der Waals surface area contributed by atoms with Gasteiger partial charge < -0.3 is 15.2 Å². The molecule has 4 N–H and O–H groups in total. The summed E-state index contributed by atoms with van der Waals surface area (Å²) < 4.78 is 34.2. The molecule has 0 saturated heterocycles. The van der Waals surface area contributed by atoms with Gasteiger partial charge in [-0.2, -0.15) is 8.42 Å². The lowest BCUT2D eigenvalue weighted by atomic mass is 9.83. The predicted molar refractivity (Wildman–Crippen MR) is 167 cm³/mol. The van der Waals surface area contributed by atoms with Crippen LogP contribution in [0.3, 0.4) is 0 Å². The van der Waals surface area contributed by atoms with E-state index in [2.05, 4.69) is 63.7 Å². The molecular weight excluding hydrogens is 538 g/mol. The van der Waals surface area contributed by atoms with E-state index < -0.39 is 22.3 Å². The van der Waals surface area contributed by atoms with Gasteiger partial charge in [-0.25, -0.2) is 4.72 Å². The van der Waals surface area contributed by atoms with Crippen LogP contribution in [0.1, 0.15) is 139 Å². The summed E-state index contributed by atoms with van der Waals surface area (Å²) in [6, 6.07) is 6.92. The van der Waals surface area contributed by atoms with Crippen LogP contribution >= 0.6 is 0 Å². The molecule has 1 atom stereocenters. The molecule has 228 valence electrons. The Morgan fingerprint density at radius 2 is 1.17 bits per heavy atom. The number of anilines is 1. The zero-order valence-corrected chi connectivity index (χ0v) is 27.3. The first-order chi connectivity index (χ1) is 18.8. The number of benzene rings is 2. The van der Waals surface area contributed by atoms with Gasteiger partial charge in [0.1, 0.15) is 0 Å².